The first-order valence-electron chi connectivity index (χ1n) is 14.7. The Kier molecular flexibility index (Phi) is 8.38. The van der Waals surface area contributed by atoms with E-state index in [2.05, 4.69) is 22.2 Å². The molecule has 7 nitrogen and oxygen atoms in total. The normalized spacial score (nSPS) is 20.0. The van der Waals surface area contributed by atoms with E-state index in [1.165, 1.54) is 48.2 Å². The maximum absolute atomic E-state index is 14.1. The smallest absolute Gasteiger partial charge is 0.273 e. The molecule has 1 saturated carbocycles. The van der Waals surface area contributed by atoms with Crippen molar-refractivity contribution in [2.45, 2.75) is 78.7 Å². The highest BCUT2D eigenvalue weighted by Gasteiger charge is 2.41. The summed E-state index contributed by atoms with van der Waals surface area (Å²) in [4.78, 5) is 38.7. The Bertz CT molecular complexity index is 1580. The molecule has 0 spiro atoms. The van der Waals surface area contributed by atoms with E-state index in [-0.39, 0.29) is 29.1 Å². The number of hydrogen-bond acceptors (Lipinski definition) is 4. The highest BCUT2D eigenvalue weighted by molar-refractivity contribution is 6.25. The molecule has 0 radical (unpaired) electrons. The first-order chi connectivity index (χ1) is 19.7. The number of aromatic nitrogens is 3. The molecule has 1 aliphatic heterocycles. The van der Waals surface area contributed by atoms with E-state index >= 15 is 0 Å². The molecule has 5 rings (SSSR count). The molecule has 2 atom stereocenters. The van der Waals surface area contributed by atoms with E-state index in [4.69, 9.17) is 4.98 Å². The molecule has 1 aliphatic carbocycles. The number of benzene rings is 1. The SMILES string of the molecule is C/C=C\N=C(C)C(=C(C)C)c1[nH]n2c(=O)cc(-c3ccc(C4CCCCC4)cc3)nc2c1C(=O)N1CC(CF)C1C. The summed E-state index contributed by atoms with van der Waals surface area (Å²) < 4.78 is 14.8. The van der Waals surface area contributed by atoms with Crippen molar-refractivity contribution < 1.29 is 9.18 Å². The number of halogens is 1. The molecular formula is C33H40FN5O2. The number of aliphatic imine (C=N–C) groups is 1. The number of aromatic amines is 1. The highest BCUT2D eigenvalue weighted by atomic mass is 19.1. The fraction of sp³-hybridized carbons (Fsp3) is 0.455. The third kappa shape index (κ3) is 5.44. The van der Waals surface area contributed by atoms with Crippen LogP contribution in [0.15, 0.2) is 58.0 Å². The van der Waals surface area contributed by atoms with Gasteiger partial charge in [0.15, 0.2) is 5.65 Å². The largest absolute Gasteiger partial charge is 0.335 e. The monoisotopic (exact) mass is 557 g/mol. The molecule has 3 heterocycles. The maximum atomic E-state index is 14.1. The molecule has 2 aromatic heterocycles. The Balaban J connectivity index is 1.65. The average molecular weight is 558 g/mol. The molecule has 41 heavy (non-hydrogen) atoms. The summed E-state index contributed by atoms with van der Waals surface area (Å²) in [6.07, 6.45) is 9.80. The highest BCUT2D eigenvalue weighted by Crippen LogP contribution is 2.35. The van der Waals surface area contributed by atoms with Crippen LogP contribution in [-0.4, -0.2) is 50.4 Å². The molecule has 216 valence electrons. The second-order valence-electron chi connectivity index (χ2n) is 11.6. The number of fused-ring (bicyclic) bond motifs is 1. The van der Waals surface area contributed by atoms with Crippen molar-refractivity contribution >= 4 is 22.8 Å². The second-order valence-corrected chi connectivity index (χ2v) is 11.6. The van der Waals surface area contributed by atoms with Gasteiger partial charge in [-0.2, -0.15) is 0 Å². The van der Waals surface area contributed by atoms with Crippen LogP contribution in [-0.2, 0) is 0 Å². The van der Waals surface area contributed by atoms with Crippen LogP contribution in [0.4, 0.5) is 4.39 Å². The number of nitrogens with zero attached hydrogens (tertiary/aromatic N) is 4. The number of nitrogens with one attached hydrogen (secondary N) is 1. The number of allylic oxidation sites excluding steroid dienone is 3. The number of carbonyl (C=O) groups excluding carboxylic acids is 1. The molecule has 1 aromatic carbocycles. The van der Waals surface area contributed by atoms with Crippen LogP contribution in [0.2, 0.25) is 0 Å². The Morgan fingerprint density at radius 1 is 1.15 bits per heavy atom. The van der Waals surface area contributed by atoms with Gasteiger partial charge in [-0.15, -0.1) is 0 Å². The third-order valence-electron chi connectivity index (χ3n) is 8.71. The van der Waals surface area contributed by atoms with E-state index in [1.807, 2.05) is 52.8 Å². The molecular weight excluding hydrogens is 517 g/mol. The van der Waals surface area contributed by atoms with E-state index in [1.54, 1.807) is 11.1 Å². The molecule has 0 bridgehead atoms. The summed E-state index contributed by atoms with van der Waals surface area (Å²) in [6.45, 7) is 9.38. The van der Waals surface area contributed by atoms with Crippen molar-refractivity contribution in [3.63, 3.8) is 0 Å². The summed E-state index contributed by atoms with van der Waals surface area (Å²) in [7, 11) is 0. The van der Waals surface area contributed by atoms with Gasteiger partial charge in [0.1, 0.15) is 5.56 Å². The molecule has 3 aromatic rings. The van der Waals surface area contributed by atoms with Gasteiger partial charge < -0.3 is 4.90 Å². The maximum Gasteiger partial charge on any atom is 0.273 e. The van der Waals surface area contributed by atoms with Crippen molar-refractivity contribution in [1.29, 1.82) is 0 Å². The van der Waals surface area contributed by atoms with Crippen molar-refractivity contribution in [3.8, 4) is 11.3 Å². The van der Waals surface area contributed by atoms with Gasteiger partial charge in [0, 0.05) is 47.6 Å². The topological polar surface area (TPSA) is 82.8 Å². The van der Waals surface area contributed by atoms with E-state index < -0.39 is 6.67 Å². The van der Waals surface area contributed by atoms with Gasteiger partial charge in [-0.3, -0.25) is 24.1 Å². The quantitative estimate of drug-likeness (QED) is 0.319. The molecule has 2 unspecified atom stereocenters. The zero-order valence-electron chi connectivity index (χ0n) is 24.7. The zero-order chi connectivity index (χ0) is 29.3. The minimum atomic E-state index is -0.473. The fourth-order valence-electron chi connectivity index (χ4n) is 6.25. The van der Waals surface area contributed by atoms with Crippen LogP contribution < -0.4 is 5.56 Å². The van der Waals surface area contributed by atoms with Gasteiger partial charge in [0.2, 0.25) is 0 Å². The summed E-state index contributed by atoms with van der Waals surface area (Å²) in [6, 6.07) is 9.60. The predicted octanol–water partition coefficient (Wildman–Crippen LogP) is 6.96. The lowest BCUT2D eigenvalue weighted by atomic mass is 9.84. The summed E-state index contributed by atoms with van der Waals surface area (Å²) in [5.41, 5.74) is 5.79. The first-order valence-corrected chi connectivity index (χ1v) is 14.7. The lowest BCUT2D eigenvalue weighted by Crippen LogP contribution is -2.58. The average Bonchev–Trinajstić information content (AvgIpc) is 3.35. The van der Waals surface area contributed by atoms with Gasteiger partial charge in [0.05, 0.1) is 18.1 Å². The first kappa shape index (κ1) is 28.7. The number of amides is 1. The second kappa shape index (κ2) is 12.0. The van der Waals surface area contributed by atoms with E-state index in [0.29, 0.717) is 35.1 Å². The van der Waals surface area contributed by atoms with Crippen molar-refractivity contribution in [3.05, 3.63) is 75.4 Å². The van der Waals surface area contributed by atoms with Crippen LogP contribution in [0.1, 0.15) is 94.3 Å². The standard InChI is InChI=1S/C33H40FN5O2/c1-6-16-35-21(4)29(20(2)3)31-30(33(41)38-19-26(18-34)22(38)5)32-36-27(17-28(40)39(32)37-31)25-14-12-24(13-15-25)23-10-8-7-9-11-23/h6,12-17,22-23,26,37H,7-11,18-19H2,1-5H3/b16-6-,35-21?. The van der Waals surface area contributed by atoms with Crippen LogP contribution in [0.3, 0.4) is 0 Å². The molecule has 1 saturated heterocycles. The summed E-state index contributed by atoms with van der Waals surface area (Å²) in [5.74, 6) is 0.115. The minimum Gasteiger partial charge on any atom is -0.335 e. The Morgan fingerprint density at radius 3 is 2.46 bits per heavy atom. The molecule has 8 heteroatoms. The third-order valence-corrected chi connectivity index (χ3v) is 8.71. The van der Waals surface area contributed by atoms with Gasteiger partial charge in [0.25, 0.3) is 11.5 Å². The minimum absolute atomic E-state index is 0.192. The Morgan fingerprint density at radius 2 is 1.85 bits per heavy atom. The van der Waals surface area contributed by atoms with E-state index in [9.17, 15) is 14.0 Å². The number of H-pyrrole nitrogens is 1. The van der Waals surface area contributed by atoms with Crippen molar-refractivity contribution in [2.75, 3.05) is 13.2 Å². The van der Waals surface area contributed by atoms with Gasteiger partial charge >= 0.3 is 0 Å². The lowest BCUT2D eigenvalue weighted by molar-refractivity contribution is 0.0141. The number of alkyl halides is 1. The van der Waals surface area contributed by atoms with Crippen LogP contribution >= 0.6 is 0 Å². The summed E-state index contributed by atoms with van der Waals surface area (Å²) in [5, 5.41) is 3.18. The molecule has 1 N–H and O–H groups in total. The van der Waals surface area contributed by atoms with Gasteiger partial charge in [-0.1, -0.05) is 55.2 Å². The number of carbonyl (C=O) groups is 1. The molecule has 2 aliphatic rings. The number of hydrogen-bond donors (Lipinski definition) is 1. The summed E-state index contributed by atoms with van der Waals surface area (Å²) >= 11 is 0. The van der Waals surface area contributed by atoms with E-state index in [0.717, 1.165) is 16.7 Å². The fourth-order valence-corrected chi connectivity index (χ4v) is 6.25. The molecule has 2 fully saturated rings. The van der Waals surface area contributed by atoms with Crippen LogP contribution in [0.5, 0.6) is 0 Å². The van der Waals surface area contributed by atoms with Crippen molar-refractivity contribution in [1.82, 2.24) is 19.5 Å². The Hall–Kier alpha value is -3.81. The van der Waals surface area contributed by atoms with Gasteiger partial charge in [-0.25, -0.2) is 9.50 Å². The lowest BCUT2D eigenvalue weighted by Gasteiger charge is -2.45. The van der Waals surface area contributed by atoms with Crippen LogP contribution in [0, 0.1) is 5.92 Å². The van der Waals surface area contributed by atoms with Gasteiger partial charge in [-0.05, 0) is 58.9 Å². The van der Waals surface area contributed by atoms with Crippen LogP contribution in [0.25, 0.3) is 22.5 Å². The van der Waals surface area contributed by atoms with Crippen molar-refractivity contribution in [2.24, 2.45) is 10.9 Å². The molecule has 1 amide bonds. The zero-order valence-corrected chi connectivity index (χ0v) is 24.7. The number of rotatable bonds is 7. The number of likely N-dealkylation sites (tertiary alicyclic amines) is 1. The predicted molar refractivity (Wildman–Crippen MR) is 163 cm³/mol. The Labute approximate surface area is 240 Å².